The van der Waals surface area contributed by atoms with Crippen LogP contribution in [0.2, 0.25) is 0 Å². The van der Waals surface area contributed by atoms with Crippen LogP contribution in [0.1, 0.15) is 25.1 Å². The molecule has 0 amide bonds. The monoisotopic (exact) mass is 307 g/mol. The minimum Gasteiger partial charge on any atom is -0.304 e. The number of fused-ring (bicyclic) bond motifs is 1. The topological polar surface area (TPSA) is 20.5 Å². The Labute approximate surface area is 116 Å². The molecular formula is C14H18BrN3. The molecule has 1 aliphatic heterocycles. The summed E-state index contributed by atoms with van der Waals surface area (Å²) in [6, 6.07) is 4.83. The second-order valence-electron chi connectivity index (χ2n) is 5.15. The summed E-state index contributed by atoms with van der Waals surface area (Å²) in [6.45, 7) is 1.22. The molecule has 0 aromatic carbocycles. The Kier molecular flexibility index (Phi) is 3.39. The predicted molar refractivity (Wildman–Crippen MR) is 76.9 cm³/mol. The zero-order chi connectivity index (χ0) is 12.5. The summed E-state index contributed by atoms with van der Waals surface area (Å²) >= 11 is 3.50. The lowest BCUT2D eigenvalue weighted by molar-refractivity contribution is 0.182. The Bertz CT molecular complexity index is 549. The smallest absolute Gasteiger partial charge is 0.114 e. The van der Waals surface area contributed by atoms with E-state index in [1.807, 2.05) is 6.20 Å². The molecular weight excluding hydrogens is 290 g/mol. The first-order valence-electron chi connectivity index (χ1n) is 6.56. The number of piperidine rings is 1. The summed E-state index contributed by atoms with van der Waals surface area (Å²) in [7, 11) is 2.23. The average molecular weight is 308 g/mol. The van der Waals surface area contributed by atoms with Crippen LogP contribution in [0.15, 0.2) is 29.0 Å². The third kappa shape index (κ3) is 2.31. The van der Waals surface area contributed by atoms with Gasteiger partial charge >= 0.3 is 0 Å². The summed E-state index contributed by atoms with van der Waals surface area (Å²) < 4.78 is 3.31. The lowest BCUT2D eigenvalue weighted by Gasteiger charge is -2.32. The number of pyridine rings is 1. The molecule has 2 aromatic rings. The number of nitrogens with zero attached hydrogens (tertiary/aromatic N) is 3. The normalized spacial score (nSPS) is 21.6. The SMILES string of the molecule is CN1CCCCC1Cc1ncc2cc(Br)ccn12. The average Bonchev–Trinajstić information content (AvgIpc) is 2.74. The van der Waals surface area contributed by atoms with E-state index in [9.17, 15) is 0 Å². The molecule has 96 valence electrons. The molecule has 1 fully saturated rings. The van der Waals surface area contributed by atoms with Crippen molar-refractivity contribution in [3.05, 3.63) is 34.8 Å². The maximum Gasteiger partial charge on any atom is 0.114 e. The highest BCUT2D eigenvalue weighted by atomic mass is 79.9. The third-order valence-corrected chi connectivity index (χ3v) is 4.40. The molecule has 2 aromatic heterocycles. The van der Waals surface area contributed by atoms with Crippen LogP contribution in [0.25, 0.3) is 5.52 Å². The van der Waals surface area contributed by atoms with E-state index in [-0.39, 0.29) is 0 Å². The van der Waals surface area contributed by atoms with Gasteiger partial charge in [-0.1, -0.05) is 22.4 Å². The van der Waals surface area contributed by atoms with Gasteiger partial charge in [-0.2, -0.15) is 0 Å². The number of hydrogen-bond donors (Lipinski definition) is 0. The molecule has 0 N–H and O–H groups in total. The van der Waals surface area contributed by atoms with Crippen molar-refractivity contribution in [2.75, 3.05) is 13.6 Å². The molecule has 0 spiro atoms. The summed E-state index contributed by atoms with van der Waals surface area (Å²) in [5.41, 5.74) is 1.16. The first-order chi connectivity index (χ1) is 8.74. The van der Waals surface area contributed by atoms with Crippen LogP contribution in [-0.4, -0.2) is 33.9 Å². The van der Waals surface area contributed by atoms with E-state index in [1.165, 1.54) is 31.6 Å². The van der Waals surface area contributed by atoms with Crippen molar-refractivity contribution in [3.8, 4) is 0 Å². The Morgan fingerprint density at radius 1 is 1.44 bits per heavy atom. The molecule has 1 saturated heterocycles. The number of halogens is 1. The molecule has 0 radical (unpaired) electrons. The first kappa shape index (κ1) is 12.2. The van der Waals surface area contributed by atoms with Gasteiger partial charge in [0.25, 0.3) is 0 Å². The van der Waals surface area contributed by atoms with Crippen molar-refractivity contribution in [1.29, 1.82) is 0 Å². The van der Waals surface area contributed by atoms with E-state index < -0.39 is 0 Å². The lowest BCUT2D eigenvalue weighted by Crippen LogP contribution is -2.38. The second kappa shape index (κ2) is 5.02. The van der Waals surface area contributed by atoms with E-state index in [2.05, 4.69) is 55.6 Å². The van der Waals surface area contributed by atoms with Crippen LogP contribution in [0.5, 0.6) is 0 Å². The number of aromatic nitrogens is 2. The maximum absolute atomic E-state index is 4.58. The highest BCUT2D eigenvalue weighted by molar-refractivity contribution is 9.10. The van der Waals surface area contributed by atoms with Gasteiger partial charge in [0.05, 0.1) is 11.7 Å². The van der Waals surface area contributed by atoms with Crippen LogP contribution in [0.3, 0.4) is 0 Å². The van der Waals surface area contributed by atoms with Gasteiger partial charge in [-0.25, -0.2) is 4.98 Å². The van der Waals surface area contributed by atoms with Gasteiger partial charge in [-0.3, -0.25) is 0 Å². The van der Waals surface area contributed by atoms with Crippen molar-refractivity contribution in [1.82, 2.24) is 14.3 Å². The highest BCUT2D eigenvalue weighted by Crippen LogP contribution is 2.20. The Hall–Kier alpha value is -0.870. The summed E-state index contributed by atoms with van der Waals surface area (Å²) in [5, 5.41) is 0. The maximum atomic E-state index is 4.58. The van der Waals surface area contributed by atoms with Gasteiger partial charge in [-0.15, -0.1) is 0 Å². The summed E-state index contributed by atoms with van der Waals surface area (Å²) in [4.78, 5) is 7.06. The molecule has 3 rings (SSSR count). The van der Waals surface area contributed by atoms with Crippen LogP contribution in [0.4, 0.5) is 0 Å². The van der Waals surface area contributed by atoms with Gasteiger partial charge in [-0.05, 0) is 38.6 Å². The fourth-order valence-electron chi connectivity index (χ4n) is 2.79. The summed E-state index contributed by atoms with van der Waals surface area (Å²) in [6.07, 6.45) is 9.09. The molecule has 4 heteroatoms. The van der Waals surface area contributed by atoms with Crippen LogP contribution >= 0.6 is 15.9 Å². The molecule has 1 aliphatic rings. The fourth-order valence-corrected chi connectivity index (χ4v) is 3.14. The van der Waals surface area contributed by atoms with Crippen molar-refractivity contribution < 1.29 is 0 Å². The van der Waals surface area contributed by atoms with Crippen molar-refractivity contribution >= 4 is 21.4 Å². The van der Waals surface area contributed by atoms with Gasteiger partial charge in [0.1, 0.15) is 5.82 Å². The van der Waals surface area contributed by atoms with E-state index in [1.54, 1.807) is 0 Å². The zero-order valence-corrected chi connectivity index (χ0v) is 12.2. The number of hydrogen-bond acceptors (Lipinski definition) is 2. The number of likely N-dealkylation sites (tertiary alicyclic amines) is 1. The zero-order valence-electron chi connectivity index (χ0n) is 10.6. The third-order valence-electron chi connectivity index (χ3n) is 3.91. The van der Waals surface area contributed by atoms with Gasteiger partial charge in [0.15, 0.2) is 0 Å². The van der Waals surface area contributed by atoms with Crippen LogP contribution in [-0.2, 0) is 6.42 Å². The van der Waals surface area contributed by atoms with Crippen LogP contribution < -0.4 is 0 Å². The molecule has 0 saturated carbocycles. The molecule has 0 aliphatic carbocycles. The number of rotatable bonds is 2. The van der Waals surface area contributed by atoms with E-state index in [0.29, 0.717) is 6.04 Å². The fraction of sp³-hybridized carbons (Fsp3) is 0.500. The quantitative estimate of drug-likeness (QED) is 0.850. The number of imidazole rings is 1. The Balaban J connectivity index is 1.86. The molecule has 18 heavy (non-hydrogen) atoms. The second-order valence-corrected chi connectivity index (χ2v) is 6.06. The molecule has 0 bridgehead atoms. The van der Waals surface area contributed by atoms with Crippen molar-refractivity contribution in [2.45, 2.75) is 31.7 Å². The molecule has 1 unspecified atom stereocenters. The Morgan fingerprint density at radius 3 is 3.17 bits per heavy atom. The highest BCUT2D eigenvalue weighted by Gasteiger charge is 2.20. The van der Waals surface area contributed by atoms with E-state index in [4.69, 9.17) is 0 Å². The summed E-state index contributed by atoms with van der Waals surface area (Å²) in [5.74, 6) is 1.18. The van der Waals surface area contributed by atoms with Gasteiger partial charge in [0.2, 0.25) is 0 Å². The standard InChI is InChI=1S/C14H18BrN3/c1-17-6-3-2-4-12(17)9-14-16-10-13-8-11(15)5-7-18(13)14/h5,7-8,10,12H,2-4,6,9H2,1H3. The van der Waals surface area contributed by atoms with Gasteiger partial charge in [0, 0.05) is 23.1 Å². The molecule has 1 atom stereocenters. The molecule has 3 nitrogen and oxygen atoms in total. The van der Waals surface area contributed by atoms with Crippen molar-refractivity contribution in [2.24, 2.45) is 0 Å². The van der Waals surface area contributed by atoms with E-state index in [0.717, 1.165) is 16.4 Å². The van der Waals surface area contributed by atoms with E-state index >= 15 is 0 Å². The minimum absolute atomic E-state index is 0.646. The molecule has 3 heterocycles. The Morgan fingerprint density at radius 2 is 2.33 bits per heavy atom. The van der Waals surface area contributed by atoms with Crippen LogP contribution in [0, 0.1) is 0 Å². The van der Waals surface area contributed by atoms with Crippen molar-refractivity contribution in [3.63, 3.8) is 0 Å². The first-order valence-corrected chi connectivity index (χ1v) is 7.35. The largest absolute Gasteiger partial charge is 0.304 e. The predicted octanol–water partition coefficient (Wildman–Crippen LogP) is 3.12. The number of likely N-dealkylation sites (N-methyl/N-ethyl adjacent to an activating group) is 1. The van der Waals surface area contributed by atoms with Gasteiger partial charge < -0.3 is 9.30 Å². The minimum atomic E-state index is 0.646. The lowest BCUT2D eigenvalue weighted by atomic mass is 10.00.